The molecule has 1 aromatic carbocycles. The maximum absolute atomic E-state index is 12.4. The number of halogens is 3. The van der Waals surface area contributed by atoms with E-state index in [-0.39, 0.29) is 10.0 Å². The average Bonchev–Trinajstić information content (AvgIpc) is 2.87. The van der Waals surface area contributed by atoms with Crippen LogP contribution in [0.2, 0.25) is 0 Å². The summed E-state index contributed by atoms with van der Waals surface area (Å²) in [5.74, 6) is 0. The van der Waals surface area contributed by atoms with E-state index < -0.39 is 21.0 Å². The Bertz CT molecular complexity index is 740. The second kappa shape index (κ2) is 6.21. The fraction of sp³-hybridized carbons (Fsp3) is 0.333. The van der Waals surface area contributed by atoms with E-state index in [1.165, 1.54) is 12.1 Å². The highest BCUT2D eigenvalue weighted by Gasteiger charge is 2.35. The number of sulfone groups is 1. The van der Waals surface area contributed by atoms with Crippen LogP contribution in [0.25, 0.3) is 0 Å². The lowest BCUT2D eigenvalue weighted by Gasteiger charge is -2.04. The van der Waals surface area contributed by atoms with Crippen LogP contribution < -0.4 is 5.32 Å². The zero-order chi connectivity index (χ0) is 16.4. The van der Waals surface area contributed by atoms with E-state index in [2.05, 4.69) is 15.5 Å². The predicted octanol–water partition coefficient (Wildman–Crippen LogP) is 2.62. The molecule has 0 saturated carbocycles. The summed E-state index contributed by atoms with van der Waals surface area (Å²) in [5, 5.41) is 8.35. The van der Waals surface area contributed by atoms with Gasteiger partial charge in [0.15, 0.2) is 9.84 Å². The van der Waals surface area contributed by atoms with Gasteiger partial charge >= 0.3 is 6.18 Å². The summed E-state index contributed by atoms with van der Waals surface area (Å²) < 4.78 is 59.7. The Morgan fingerprint density at radius 1 is 1.18 bits per heavy atom. The van der Waals surface area contributed by atoms with Crippen molar-refractivity contribution in [3.05, 3.63) is 34.8 Å². The molecule has 0 radical (unpaired) electrons. The molecular formula is C12H12F3N3O2S2. The lowest BCUT2D eigenvalue weighted by atomic mass is 10.1. The van der Waals surface area contributed by atoms with Crippen molar-refractivity contribution in [2.24, 2.45) is 0 Å². The van der Waals surface area contributed by atoms with Gasteiger partial charge in [-0.25, -0.2) is 8.42 Å². The summed E-state index contributed by atoms with van der Waals surface area (Å²) in [6.45, 7) is 0.366. The molecule has 0 aliphatic carbocycles. The van der Waals surface area contributed by atoms with Crippen LogP contribution in [0.4, 0.5) is 18.3 Å². The molecule has 2 rings (SSSR count). The highest BCUT2D eigenvalue weighted by molar-refractivity contribution is 7.90. The molecule has 0 aliphatic heterocycles. The van der Waals surface area contributed by atoms with Crippen molar-refractivity contribution < 1.29 is 21.6 Å². The summed E-state index contributed by atoms with van der Waals surface area (Å²) in [6, 6.07) is 6.33. The van der Waals surface area contributed by atoms with Gasteiger partial charge in [0.1, 0.15) is 0 Å². The highest BCUT2D eigenvalue weighted by Crippen LogP contribution is 2.32. The van der Waals surface area contributed by atoms with E-state index in [0.717, 1.165) is 11.8 Å². The molecule has 2 aromatic rings. The second-order valence-electron chi connectivity index (χ2n) is 4.50. The minimum absolute atomic E-state index is 0.0973. The average molecular weight is 351 g/mol. The van der Waals surface area contributed by atoms with Crippen molar-refractivity contribution in [2.75, 3.05) is 18.1 Å². The van der Waals surface area contributed by atoms with E-state index in [0.29, 0.717) is 24.3 Å². The molecule has 1 heterocycles. The SMILES string of the molecule is CS(=O)(=O)c1ccc(CCNc2nnc(C(F)(F)F)s2)cc1. The van der Waals surface area contributed by atoms with Gasteiger partial charge in [0.05, 0.1) is 4.90 Å². The summed E-state index contributed by atoms with van der Waals surface area (Å²) in [5.41, 5.74) is 0.862. The van der Waals surface area contributed by atoms with Crippen LogP contribution in [0.5, 0.6) is 0 Å². The smallest absolute Gasteiger partial charge is 0.360 e. The lowest BCUT2D eigenvalue weighted by Crippen LogP contribution is -2.05. The molecule has 1 N–H and O–H groups in total. The van der Waals surface area contributed by atoms with Gasteiger partial charge in [0.25, 0.3) is 0 Å². The third-order valence-corrected chi connectivity index (χ3v) is 4.76. The largest absolute Gasteiger partial charge is 0.445 e. The number of anilines is 1. The van der Waals surface area contributed by atoms with Crippen LogP contribution in [0.15, 0.2) is 29.2 Å². The van der Waals surface area contributed by atoms with Crippen molar-refractivity contribution in [2.45, 2.75) is 17.5 Å². The van der Waals surface area contributed by atoms with Crippen molar-refractivity contribution in [1.82, 2.24) is 10.2 Å². The van der Waals surface area contributed by atoms with Crippen LogP contribution >= 0.6 is 11.3 Å². The molecule has 0 spiro atoms. The van der Waals surface area contributed by atoms with Crippen molar-refractivity contribution in [3.63, 3.8) is 0 Å². The van der Waals surface area contributed by atoms with Crippen LogP contribution in [0, 0.1) is 0 Å². The van der Waals surface area contributed by atoms with Gasteiger partial charge in [-0.15, -0.1) is 10.2 Å². The molecule has 0 aliphatic rings. The molecule has 0 unspecified atom stereocenters. The Hall–Kier alpha value is -1.68. The first kappa shape index (κ1) is 16.7. The van der Waals surface area contributed by atoms with Crippen LogP contribution in [-0.4, -0.2) is 31.4 Å². The summed E-state index contributed by atoms with van der Waals surface area (Å²) in [7, 11) is -3.23. The van der Waals surface area contributed by atoms with Gasteiger partial charge in [-0.1, -0.05) is 23.5 Å². The van der Waals surface area contributed by atoms with Crippen LogP contribution in [-0.2, 0) is 22.4 Å². The number of hydrogen-bond donors (Lipinski definition) is 1. The Kier molecular flexibility index (Phi) is 4.71. The third kappa shape index (κ3) is 4.41. The van der Waals surface area contributed by atoms with Gasteiger partial charge < -0.3 is 5.32 Å². The zero-order valence-electron chi connectivity index (χ0n) is 11.4. The van der Waals surface area contributed by atoms with Gasteiger partial charge in [0.2, 0.25) is 10.1 Å². The lowest BCUT2D eigenvalue weighted by molar-refractivity contribution is -0.138. The number of benzene rings is 1. The highest BCUT2D eigenvalue weighted by atomic mass is 32.2. The summed E-state index contributed by atoms with van der Waals surface area (Å²) >= 11 is 0.443. The number of hydrogen-bond acceptors (Lipinski definition) is 6. The molecule has 5 nitrogen and oxygen atoms in total. The first-order valence-electron chi connectivity index (χ1n) is 6.10. The number of alkyl halides is 3. The van der Waals surface area contributed by atoms with Gasteiger partial charge in [-0.3, -0.25) is 0 Å². The fourth-order valence-electron chi connectivity index (χ4n) is 1.63. The van der Waals surface area contributed by atoms with E-state index in [1.54, 1.807) is 12.1 Å². The Balaban J connectivity index is 1.90. The molecule has 120 valence electrons. The molecule has 10 heteroatoms. The maximum Gasteiger partial charge on any atom is 0.445 e. The Labute approximate surface area is 129 Å². The maximum atomic E-state index is 12.4. The van der Waals surface area contributed by atoms with Crippen molar-refractivity contribution in [3.8, 4) is 0 Å². The minimum Gasteiger partial charge on any atom is -0.360 e. The van der Waals surface area contributed by atoms with Crippen LogP contribution in [0.3, 0.4) is 0 Å². The first-order chi connectivity index (χ1) is 10.2. The molecule has 0 fully saturated rings. The fourth-order valence-corrected chi connectivity index (χ4v) is 2.89. The molecule has 0 amide bonds. The minimum atomic E-state index is -4.49. The zero-order valence-corrected chi connectivity index (χ0v) is 13.0. The molecule has 22 heavy (non-hydrogen) atoms. The normalized spacial score (nSPS) is 12.4. The van der Waals surface area contributed by atoms with Gasteiger partial charge in [-0.05, 0) is 24.1 Å². The third-order valence-electron chi connectivity index (χ3n) is 2.71. The van der Waals surface area contributed by atoms with Gasteiger partial charge in [0, 0.05) is 12.8 Å². The molecule has 0 atom stereocenters. The van der Waals surface area contributed by atoms with E-state index in [1.807, 2.05) is 0 Å². The van der Waals surface area contributed by atoms with Gasteiger partial charge in [-0.2, -0.15) is 13.2 Å². The first-order valence-corrected chi connectivity index (χ1v) is 8.80. The van der Waals surface area contributed by atoms with Crippen LogP contribution in [0.1, 0.15) is 10.6 Å². The van der Waals surface area contributed by atoms with E-state index in [9.17, 15) is 21.6 Å². The summed E-state index contributed by atoms with van der Waals surface area (Å²) in [6.07, 6.45) is -2.85. The topological polar surface area (TPSA) is 72.0 Å². The van der Waals surface area contributed by atoms with Crippen molar-refractivity contribution >= 4 is 26.3 Å². The predicted molar refractivity (Wildman–Crippen MR) is 76.7 cm³/mol. The quantitative estimate of drug-likeness (QED) is 0.897. The summed E-state index contributed by atoms with van der Waals surface area (Å²) in [4.78, 5) is 0.225. The number of rotatable bonds is 5. The Morgan fingerprint density at radius 2 is 1.82 bits per heavy atom. The molecule has 1 aromatic heterocycles. The number of aromatic nitrogens is 2. The van der Waals surface area contributed by atoms with Crippen molar-refractivity contribution in [1.29, 1.82) is 0 Å². The molecular weight excluding hydrogens is 339 g/mol. The Morgan fingerprint density at radius 3 is 2.32 bits per heavy atom. The number of nitrogens with one attached hydrogen (secondary N) is 1. The molecule has 0 saturated heterocycles. The van der Waals surface area contributed by atoms with E-state index in [4.69, 9.17) is 0 Å². The standard InChI is InChI=1S/C12H12F3N3O2S2/c1-22(19,20)9-4-2-8(3-5-9)6-7-16-11-18-17-10(21-11)12(13,14)15/h2-5H,6-7H2,1H3,(H,16,18). The number of nitrogens with zero attached hydrogens (tertiary/aromatic N) is 2. The van der Waals surface area contributed by atoms with E-state index >= 15 is 0 Å². The monoisotopic (exact) mass is 351 g/mol. The second-order valence-corrected chi connectivity index (χ2v) is 7.50. The molecule has 0 bridgehead atoms.